The molecule has 3 atom stereocenters. The van der Waals surface area contributed by atoms with Crippen LogP contribution < -0.4 is 21.3 Å². The molecular weight excluding hydrogens is 869 g/mol. The van der Waals surface area contributed by atoms with Crippen molar-refractivity contribution in [2.45, 2.75) is 95.7 Å². The predicted molar refractivity (Wildman–Crippen MR) is 245 cm³/mol. The summed E-state index contributed by atoms with van der Waals surface area (Å²) in [6, 6.07) is 23.5. The normalized spacial score (nSPS) is 13.5. The van der Waals surface area contributed by atoms with Crippen molar-refractivity contribution in [3.8, 4) is 0 Å². The Labute approximate surface area is 389 Å². The number of carbonyl (C=O) groups excluding carboxylic acids is 3. The fraction of sp³-hybridized carbons (Fsp3) is 0.417. The van der Waals surface area contributed by atoms with Crippen LogP contribution in [0.1, 0.15) is 74.5 Å². The Morgan fingerprint density at radius 3 is 1.18 bits per heavy atom. The van der Waals surface area contributed by atoms with E-state index < -0.39 is 54.3 Å². The van der Waals surface area contributed by atoms with Crippen LogP contribution in [0.2, 0.25) is 0 Å². The number of amides is 3. The van der Waals surface area contributed by atoms with E-state index in [9.17, 15) is 49.2 Å². The summed E-state index contributed by atoms with van der Waals surface area (Å²) in [5, 5.41) is 50.3. The molecule has 3 aromatic rings. The fourth-order valence-corrected chi connectivity index (χ4v) is 6.94. The SMILES string of the molecule is O=C(N[C@@H](CCCCNCC1=CN(CCCC[C@H](NC(=O)OCc2ccccc2)C(=O)O)C(CO)=CN1CCCC[C@H](NC(=O)OCc1ccccc1)C(=O)O)C(=O)O)OCc1ccccc1. The average molecular weight is 931 g/mol. The van der Waals surface area contributed by atoms with E-state index in [1.807, 2.05) is 34.2 Å². The first-order valence-electron chi connectivity index (χ1n) is 22.3. The van der Waals surface area contributed by atoms with Gasteiger partial charge in [-0.1, -0.05) is 91.0 Å². The third-order valence-corrected chi connectivity index (χ3v) is 10.6. The number of benzene rings is 3. The number of carboxylic acid groups (broad SMARTS) is 3. The predicted octanol–water partition coefficient (Wildman–Crippen LogP) is 5.52. The van der Waals surface area contributed by atoms with Gasteiger partial charge in [0.1, 0.15) is 37.9 Å². The molecule has 0 spiro atoms. The second kappa shape index (κ2) is 29.4. The molecule has 19 heteroatoms. The van der Waals surface area contributed by atoms with Crippen molar-refractivity contribution in [1.29, 1.82) is 0 Å². The van der Waals surface area contributed by atoms with Crippen LogP contribution in [0.5, 0.6) is 0 Å². The molecule has 0 radical (unpaired) electrons. The van der Waals surface area contributed by atoms with Gasteiger partial charge < -0.3 is 65.7 Å². The molecule has 0 aliphatic carbocycles. The number of hydrogen-bond donors (Lipinski definition) is 8. The first-order chi connectivity index (χ1) is 32.4. The number of aliphatic carboxylic acids is 3. The van der Waals surface area contributed by atoms with Gasteiger partial charge in [-0.15, -0.1) is 0 Å². The Morgan fingerprint density at radius 2 is 0.821 bits per heavy atom. The summed E-state index contributed by atoms with van der Waals surface area (Å²) in [4.78, 5) is 76.8. The Balaban J connectivity index is 1.30. The smallest absolute Gasteiger partial charge is 0.408 e. The Bertz CT molecular complexity index is 2070. The molecule has 1 heterocycles. The lowest BCUT2D eigenvalue weighted by Crippen LogP contribution is -2.41. The summed E-state index contributed by atoms with van der Waals surface area (Å²) in [5.74, 6) is -3.57. The first kappa shape index (κ1) is 52.5. The van der Waals surface area contributed by atoms with E-state index in [2.05, 4.69) is 21.3 Å². The number of carboxylic acids is 3. The van der Waals surface area contributed by atoms with Gasteiger partial charge in [0, 0.05) is 37.7 Å². The third-order valence-electron chi connectivity index (χ3n) is 10.6. The topological polar surface area (TPSA) is 266 Å². The zero-order valence-corrected chi connectivity index (χ0v) is 37.4. The lowest BCUT2D eigenvalue weighted by atomic mass is 10.1. The molecule has 0 aromatic heterocycles. The van der Waals surface area contributed by atoms with Crippen molar-refractivity contribution in [3.63, 3.8) is 0 Å². The number of unbranched alkanes of at least 4 members (excludes halogenated alkanes) is 3. The molecule has 0 bridgehead atoms. The van der Waals surface area contributed by atoms with Crippen molar-refractivity contribution < 1.29 is 63.4 Å². The molecule has 67 heavy (non-hydrogen) atoms. The van der Waals surface area contributed by atoms with E-state index in [-0.39, 0.29) is 45.7 Å². The maximum Gasteiger partial charge on any atom is 0.408 e. The fourth-order valence-electron chi connectivity index (χ4n) is 6.94. The van der Waals surface area contributed by atoms with Gasteiger partial charge in [-0.2, -0.15) is 0 Å². The molecule has 0 fully saturated rings. The summed E-state index contributed by atoms with van der Waals surface area (Å²) in [5.41, 5.74) is 3.67. The van der Waals surface area contributed by atoms with Crippen LogP contribution in [0, 0.1) is 0 Å². The zero-order chi connectivity index (χ0) is 48.2. The Hall–Kier alpha value is -7.12. The van der Waals surface area contributed by atoms with E-state index in [0.717, 1.165) is 22.4 Å². The summed E-state index contributed by atoms with van der Waals surface area (Å²) < 4.78 is 15.6. The van der Waals surface area contributed by atoms with E-state index in [1.54, 1.807) is 79.0 Å². The van der Waals surface area contributed by atoms with E-state index in [4.69, 9.17) is 14.2 Å². The molecule has 8 N–H and O–H groups in total. The van der Waals surface area contributed by atoms with Gasteiger partial charge >= 0.3 is 36.2 Å². The van der Waals surface area contributed by atoms with Crippen LogP contribution in [-0.4, -0.2) is 117 Å². The Morgan fingerprint density at radius 1 is 0.478 bits per heavy atom. The quantitative estimate of drug-likeness (QED) is 0.0302. The highest BCUT2D eigenvalue weighted by Gasteiger charge is 2.25. The van der Waals surface area contributed by atoms with Gasteiger partial charge in [-0.05, 0) is 81.0 Å². The average Bonchev–Trinajstić information content (AvgIpc) is 3.33. The maximum absolute atomic E-state index is 12.4. The number of carbonyl (C=O) groups is 6. The van der Waals surface area contributed by atoms with E-state index >= 15 is 0 Å². The van der Waals surface area contributed by atoms with Crippen LogP contribution in [0.25, 0.3) is 0 Å². The molecular formula is C48H62N6O13. The molecule has 3 aromatic carbocycles. The molecule has 0 unspecified atom stereocenters. The molecule has 1 aliphatic rings. The number of nitrogens with one attached hydrogen (secondary N) is 4. The molecule has 3 amide bonds. The first-order valence-corrected chi connectivity index (χ1v) is 22.3. The third kappa shape index (κ3) is 20.3. The van der Waals surface area contributed by atoms with Crippen LogP contribution in [0.15, 0.2) is 115 Å². The minimum atomic E-state index is -1.20. The molecule has 1 aliphatic heterocycles. The van der Waals surface area contributed by atoms with E-state index in [0.29, 0.717) is 70.4 Å². The van der Waals surface area contributed by atoms with Gasteiger partial charge in [0.15, 0.2) is 0 Å². The molecule has 19 nitrogen and oxygen atoms in total. The van der Waals surface area contributed by atoms with Crippen molar-refractivity contribution in [1.82, 2.24) is 31.1 Å². The number of hydrogen-bond acceptors (Lipinski definition) is 13. The van der Waals surface area contributed by atoms with Crippen LogP contribution >= 0.6 is 0 Å². The largest absolute Gasteiger partial charge is 0.480 e. The summed E-state index contributed by atoms with van der Waals surface area (Å²) >= 11 is 0. The van der Waals surface area contributed by atoms with E-state index in [1.165, 1.54) is 0 Å². The monoisotopic (exact) mass is 930 g/mol. The molecule has 0 saturated heterocycles. The second-order valence-corrected chi connectivity index (χ2v) is 15.7. The van der Waals surface area contributed by atoms with Crippen LogP contribution in [0.4, 0.5) is 14.4 Å². The molecule has 362 valence electrons. The summed E-state index contributed by atoms with van der Waals surface area (Å²) in [6.07, 6.45) is 4.54. The maximum atomic E-state index is 12.4. The Kier molecular flexibility index (Phi) is 23.1. The number of rotatable bonds is 30. The number of nitrogens with zero attached hydrogens (tertiary/aromatic N) is 2. The lowest BCUT2D eigenvalue weighted by molar-refractivity contribution is -0.140. The number of ether oxygens (including phenoxy) is 3. The van der Waals surface area contributed by atoms with Crippen molar-refractivity contribution in [2.75, 3.05) is 32.8 Å². The second-order valence-electron chi connectivity index (χ2n) is 15.7. The number of aliphatic hydroxyl groups is 1. The van der Waals surface area contributed by atoms with Crippen LogP contribution in [-0.2, 0) is 48.4 Å². The summed E-state index contributed by atoms with van der Waals surface area (Å²) in [6.45, 7) is 1.39. The zero-order valence-electron chi connectivity index (χ0n) is 37.4. The molecule has 4 rings (SSSR count). The van der Waals surface area contributed by atoms with Crippen molar-refractivity contribution >= 4 is 36.2 Å². The van der Waals surface area contributed by atoms with Crippen molar-refractivity contribution in [3.05, 3.63) is 131 Å². The van der Waals surface area contributed by atoms with Gasteiger partial charge in [-0.25, -0.2) is 28.8 Å². The lowest BCUT2D eigenvalue weighted by Gasteiger charge is -2.35. The van der Waals surface area contributed by atoms with Gasteiger partial charge in [0.25, 0.3) is 0 Å². The highest BCUT2D eigenvalue weighted by atomic mass is 16.6. The molecule has 0 saturated carbocycles. The standard InChI is InChI=1S/C48H62N6O13/c55-31-39-30-53(26-14-11-23-41(44(58)59)51-47(63)66-33-36-18-6-2-7-19-36)38(28-49-25-13-10-22-40(43(56)57)50-46(62)65-32-35-16-4-1-5-17-35)29-54(39)27-15-12-24-42(45(60)61)52-48(64)67-34-37-20-8-3-9-21-37/h1-9,16-21,29-30,40-42,49,55H,10-15,22-28,31-34H2,(H,50,62)(H,51,63)(H,52,64)(H,56,57)(H,58,59)(H,60,61)/t40-,41-,42-/m0/s1. The van der Waals surface area contributed by atoms with Crippen molar-refractivity contribution in [2.24, 2.45) is 0 Å². The van der Waals surface area contributed by atoms with Crippen LogP contribution in [0.3, 0.4) is 0 Å². The number of alkyl carbamates (subject to hydrolysis) is 3. The van der Waals surface area contributed by atoms with Gasteiger partial charge in [0.2, 0.25) is 0 Å². The highest BCUT2D eigenvalue weighted by Crippen LogP contribution is 2.22. The van der Waals surface area contributed by atoms with Gasteiger partial charge in [0.05, 0.1) is 12.3 Å². The van der Waals surface area contributed by atoms with Gasteiger partial charge in [-0.3, -0.25) is 0 Å². The highest BCUT2D eigenvalue weighted by molar-refractivity contribution is 5.81. The summed E-state index contributed by atoms with van der Waals surface area (Å²) in [7, 11) is 0. The minimum absolute atomic E-state index is 0.00483. The number of aliphatic hydroxyl groups excluding tert-OH is 1. The minimum Gasteiger partial charge on any atom is -0.480 e.